The van der Waals surface area contributed by atoms with Crippen LogP contribution < -0.4 is 9.91 Å². The van der Waals surface area contributed by atoms with Gasteiger partial charge in [0.2, 0.25) is 0 Å². The highest BCUT2D eigenvalue weighted by Crippen LogP contribution is 2.47. The molecule has 1 saturated heterocycles. The minimum absolute atomic E-state index is 0.0282. The number of anilines is 2. The van der Waals surface area contributed by atoms with E-state index in [9.17, 15) is 9.59 Å². The zero-order chi connectivity index (χ0) is 26.3. The van der Waals surface area contributed by atoms with E-state index in [1.165, 1.54) is 16.3 Å². The summed E-state index contributed by atoms with van der Waals surface area (Å²) in [6, 6.07) is 15.5. The summed E-state index contributed by atoms with van der Waals surface area (Å²) in [5.74, 6) is 0.453. The van der Waals surface area contributed by atoms with E-state index in [-0.39, 0.29) is 23.2 Å². The molecule has 1 atom stereocenters. The Morgan fingerprint density at radius 2 is 1.76 bits per heavy atom. The van der Waals surface area contributed by atoms with Crippen LogP contribution in [0.5, 0.6) is 0 Å². The number of carbonyl (C=O) groups excluding carboxylic acids is 2. The van der Waals surface area contributed by atoms with Gasteiger partial charge in [0.25, 0.3) is 5.91 Å². The maximum absolute atomic E-state index is 13.7. The second kappa shape index (κ2) is 9.63. The van der Waals surface area contributed by atoms with Crippen LogP contribution in [-0.4, -0.2) is 54.8 Å². The fraction of sp³-hybridized carbons (Fsp3) is 0.367. The standard InChI is InChI=1S/C30H34N4O3/c1-6-32(7-2)28-22(17-18-26-30(4,5)23-11-9-10-12-24(23)33(26)8-3)29(36)34(31-28)21-15-13-20(14-16-21)27(35)25-19-37-25/h9-18,25H,6-8,19H2,1-5H3/b22-17-,26-18+. The zero-order valence-corrected chi connectivity index (χ0v) is 22.2. The van der Waals surface area contributed by atoms with Crippen LogP contribution in [0.4, 0.5) is 11.4 Å². The fourth-order valence-electron chi connectivity index (χ4n) is 5.28. The molecule has 192 valence electrons. The van der Waals surface area contributed by atoms with Gasteiger partial charge in [-0.3, -0.25) is 9.59 Å². The number of epoxide rings is 1. The molecule has 0 N–H and O–H groups in total. The summed E-state index contributed by atoms with van der Waals surface area (Å²) < 4.78 is 5.11. The van der Waals surface area contributed by atoms with E-state index < -0.39 is 0 Å². The number of rotatable bonds is 7. The van der Waals surface area contributed by atoms with Crippen molar-refractivity contribution in [1.29, 1.82) is 0 Å². The van der Waals surface area contributed by atoms with Gasteiger partial charge in [0, 0.05) is 42.0 Å². The van der Waals surface area contributed by atoms with Gasteiger partial charge in [-0.25, -0.2) is 0 Å². The normalized spacial score (nSPS) is 22.0. The molecule has 7 heteroatoms. The number of allylic oxidation sites excluding steroid dienone is 3. The van der Waals surface area contributed by atoms with E-state index in [4.69, 9.17) is 9.84 Å². The largest absolute Gasteiger partial charge is 0.364 e. The number of ether oxygens (including phenoxy) is 1. The summed E-state index contributed by atoms with van der Waals surface area (Å²) in [5.41, 5.74) is 5.22. The van der Waals surface area contributed by atoms with Crippen molar-refractivity contribution in [1.82, 2.24) is 4.90 Å². The molecule has 3 aliphatic rings. The Morgan fingerprint density at radius 3 is 2.38 bits per heavy atom. The number of amides is 1. The van der Waals surface area contributed by atoms with Gasteiger partial charge in [-0.2, -0.15) is 5.01 Å². The highest BCUT2D eigenvalue weighted by Gasteiger charge is 2.40. The molecule has 2 aromatic carbocycles. The SMILES string of the molecule is CCN(CC)C1=NN(c2ccc(C(=O)C3CO3)cc2)C(=O)/C1=C\C=C1\N(CC)c2ccccc2C1(C)C. The highest BCUT2D eigenvalue weighted by atomic mass is 16.6. The third-order valence-electron chi connectivity index (χ3n) is 7.47. The highest BCUT2D eigenvalue weighted by molar-refractivity contribution is 6.29. The first-order chi connectivity index (χ1) is 17.8. The van der Waals surface area contributed by atoms with Gasteiger partial charge < -0.3 is 14.5 Å². The van der Waals surface area contributed by atoms with E-state index in [0.717, 1.165) is 25.3 Å². The van der Waals surface area contributed by atoms with Gasteiger partial charge in [-0.1, -0.05) is 32.0 Å². The van der Waals surface area contributed by atoms with Gasteiger partial charge in [-0.05, 0) is 68.8 Å². The number of carbonyl (C=O) groups is 2. The van der Waals surface area contributed by atoms with Gasteiger partial charge >= 0.3 is 0 Å². The van der Waals surface area contributed by atoms with Gasteiger partial charge in [0.05, 0.1) is 17.9 Å². The molecular formula is C30H34N4O3. The van der Waals surface area contributed by atoms with Crippen molar-refractivity contribution in [2.24, 2.45) is 5.10 Å². The number of para-hydroxylation sites is 1. The van der Waals surface area contributed by atoms with Crippen LogP contribution in [-0.2, 0) is 14.9 Å². The lowest BCUT2D eigenvalue weighted by Gasteiger charge is -2.26. The molecule has 37 heavy (non-hydrogen) atoms. The van der Waals surface area contributed by atoms with Crippen molar-refractivity contribution >= 4 is 28.9 Å². The molecule has 0 bridgehead atoms. The maximum Gasteiger partial charge on any atom is 0.282 e. The van der Waals surface area contributed by atoms with Gasteiger partial charge in [-0.15, -0.1) is 5.10 Å². The third-order valence-corrected chi connectivity index (χ3v) is 7.47. The van der Waals surface area contributed by atoms with Gasteiger partial charge in [0.15, 0.2) is 11.6 Å². The lowest BCUT2D eigenvalue weighted by Crippen LogP contribution is -2.31. The number of ketones is 1. The molecule has 0 radical (unpaired) electrons. The first-order valence-corrected chi connectivity index (χ1v) is 13.1. The van der Waals surface area contributed by atoms with Crippen molar-refractivity contribution in [3.05, 3.63) is 83.1 Å². The topological polar surface area (TPSA) is 68.7 Å². The summed E-state index contributed by atoms with van der Waals surface area (Å²) in [7, 11) is 0. The molecule has 1 amide bonds. The van der Waals surface area contributed by atoms with E-state index in [0.29, 0.717) is 29.3 Å². The van der Waals surface area contributed by atoms with Crippen LogP contribution in [0.1, 0.15) is 50.5 Å². The van der Waals surface area contributed by atoms with Crippen molar-refractivity contribution in [2.75, 3.05) is 36.1 Å². The van der Waals surface area contributed by atoms with Crippen LogP contribution >= 0.6 is 0 Å². The van der Waals surface area contributed by atoms with E-state index in [1.54, 1.807) is 24.3 Å². The number of Topliss-reactive ketones (excluding diaryl/α,β-unsaturated/α-hetero) is 1. The molecule has 0 aromatic heterocycles. The predicted molar refractivity (Wildman–Crippen MR) is 147 cm³/mol. The Bertz CT molecular complexity index is 1310. The van der Waals surface area contributed by atoms with Crippen molar-refractivity contribution in [3.63, 3.8) is 0 Å². The van der Waals surface area contributed by atoms with E-state index in [1.807, 2.05) is 6.08 Å². The quantitative estimate of drug-likeness (QED) is 0.309. The zero-order valence-electron chi connectivity index (χ0n) is 22.2. The Labute approximate surface area is 218 Å². The maximum atomic E-state index is 13.7. The molecule has 0 aliphatic carbocycles. The smallest absolute Gasteiger partial charge is 0.282 e. The number of hydrazone groups is 1. The number of nitrogens with zero attached hydrogens (tertiary/aromatic N) is 4. The molecular weight excluding hydrogens is 464 g/mol. The average Bonchev–Trinajstić information content (AvgIpc) is 3.68. The first kappa shape index (κ1) is 25.0. The number of hydrogen-bond donors (Lipinski definition) is 0. The molecule has 7 nitrogen and oxygen atoms in total. The second-order valence-corrected chi connectivity index (χ2v) is 9.96. The number of amidine groups is 1. The number of benzene rings is 2. The molecule has 0 spiro atoms. The second-order valence-electron chi connectivity index (χ2n) is 9.96. The third kappa shape index (κ3) is 4.27. The summed E-state index contributed by atoms with van der Waals surface area (Å²) in [5, 5.41) is 6.19. The Morgan fingerprint density at radius 1 is 1.08 bits per heavy atom. The molecule has 0 saturated carbocycles. The van der Waals surface area contributed by atoms with Crippen LogP contribution in [0.25, 0.3) is 0 Å². The molecule has 1 unspecified atom stereocenters. The van der Waals surface area contributed by atoms with E-state index >= 15 is 0 Å². The Balaban J connectivity index is 1.51. The van der Waals surface area contributed by atoms with Crippen LogP contribution in [0.15, 0.2) is 77.1 Å². The van der Waals surface area contributed by atoms with Crippen molar-refractivity contribution in [3.8, 4) is 0 Å². The molecule has 3 heterocycles. The fourth-order valence-corrected chi connectivity index (χ4v) is 5.28. The Hall–Kier alpha value is -3.71. The monoisotopic (exact) mass is 498 g/mol. The number of likely N-dealkylation sites (N-methyl/N-ethyl adjacent to an activating group) is 2. The van der Waals surface area contributed by atoms with Gasteiger partial charge in [0.1, 0.15) is 6.10 Å². The summed E-state index contributed by atoms with van der Waals surface area (Å²) in [4.78, 5) is 30.4. The van der Waals surface area contributed by atoms with E-state index in [2.05, 4.69) is 74.8 Å². The molecule has 2 aromatic rings. The van der Waals surface area contributed by atoms with Crippen LogP contribution in [0.3, 0.4) is 0 Å². The predicted octanol–water partition coefficient (Wildman–Crippen LogP) is 4.90. The lowest BCUT2D eigenvalue weighted by molar-refractivity contribution is -0.114. The number of fused-ring (bicyclic) bond motifs is 1. The van der Waals surface area contributed by atoms with Crippen LogP contribution in [0, 0.1) is 0 Å². The Kier molecular flexibility index (Phi) is 6.50. The minimum atomic E-state index is -0.331. The molecule has 1 fully saturated rings. The van der Waals surface area contributed by atoms with Crippen molar-refractivity contribution < 1.29 is 14.3 Å². The van der Waals surface area contributed by atoms with Crippen LogP contribution in [0.2, 0.25) is 0 Å². The number of hydrogen-bond acceptors (Lipinski definition) is 6. The van der Waals surface area contributed by atoms with Crippen molar-refractivity contribution in [2.45, 2.75) is 46.1 Å². The minimum Gasteiger partial charge on any atom is -0.364 e. The average molecular weight is 499 g/mol. The lowest BCUT2D eigenvalue weighted by atomic mass is 9.83. The molecule has 5 rings (SSSR count). The first-order valence-electron chi connectivity index (χ1n) is 13.1. The summed E-state index contributed by atoms with van der Waals surface area (Å²) >= 11 is 0. The summed E-state index contributed by atoms with van der Waals surface area (Å²) in [6.45, 7) is 13.5. The molecule has 3 aliphatic heterocycles. The summed E-state index contributed by atoms with van der Waals surface area (Å²) in [6.07, 6.45) is 3.67.